The van der Waals surface area contributed by atoms with Gasteiger partial charge in [0.1, 0.15) is 5.56 Å². The molecule has 0 aliphatic heterocycles. The van der Waals surface area contributed by atoms with Gasteiger partial charge in [0.25, 0.3) is 5.56 Å². The summed E-state index contributed by atoms with van der Waals surface area (Å²) in [5.41, 5.74) is -0.300. The molecular weight excluding hydrogens is 426 g/mol. The first-order valence-electron chi connectivity index (χ1n) is 8.52. The van der Waals surface area contributed by atoms with E-state index in [-0.39, 0.29) is 12.2 Å². The van der Waals surface area contributed by atoms with E-state index in [1.165, 1.54) is 6.21 Å². The third-order valence-corrected chi connectivity index (χ3v) is 4.67. The summed E-state index contributed by atoms with van der Waals surface area (Å²) in [6.07, 6.45) is 1.66. The average molecular weight is 444 g/mol. The number of nitrogens with one attached hydrogen (secondary N) is 1. The Morgan fingerprint density at radius 2 is 1.79 bits per heavy atom. The van der Waals surface area contributed by atoms with Crippen LogP contribution in [0.2, 0.25) is 0 Å². The third-order valence-electron chi connectivity index (χ3n) is 4.15. The van der Waals surface area contributed by atoms with E-state index >= 15 is 0 Å². The molecule has 8 heteroatoms. The van der Waals surface area contributed by atoms with Crippen LogP contribution >= 0.6 is 15.9 Å². The number of aliphatic hydroxyl groups is 1. The van der Waals surface area contributed by atoms with Crippen molar-refractivity contribution >= 4 is 22.1 Å². The Hall–Kier alpha value is -2.97. The van der Waals surface area contributed by atoms with Gasteiger partial charge in [0.05, 0.1) is 18.3 Å². The normalized spacial score (nSPS) is 12.4. The molecule has 1 aromatic heterocycles. The van der Waals surface area contributed by atoms with Gasteiger partial charge in [0.15, 0.2) is 0 Å². The van der Waals surface area contributed by atoms with Crippen molar-refractivity contribution in [1.29, 1.82) is 0 Å². The zero-order valence-corrected chi connectivity index (χ0v) is 16.3. The van der Waals surface area contributed by atoms with Crippen LogP contribution in [0, 0.1) is 0 Å². The predicted molar refractivity (Wildman–Crippen MR) is 111 cm³/mol. The van der Waals surface area contributed by atoms with Gasteiger partial charge in [-0.15, -0.1) is 0 Å². The largest absolute Gasteiger partial charge is 0.493 e. The molecule has 3 N–H and O–H groups in total. The monoisotopic (exact) mass is 443 g/mol. The summed E-state index contributed by atoms with van der Waals surface area (Å²) in [5.74, 6) is -0.517. The van der Waals surface area contributed by atoms with Gasteiger partial charge in [-0.25, -0.2) is 9.36 Å². The minimum absolute atomic E-state index is 0.158. The molecule has 0 aliphatic carbocycles. The third kappa shape index (κ3) is 4.47. The number of benzene rings is 2. The first-order chi connectivity index (χ1) is 13.5. The summed E-state index contributed by atoms with van der Waals surface area (Å²) in [7, 11) is 0. The van der Waals surface area contributed by atoms with E-state index in [1.807, 2.05) is 30.3 Å². The maximum atomic E-state index is 12.2. The van der Waals surface area contributed by atoms with Gasteiger partial charge in [-0.2, -0.15) is 0 Å². The molecule has 7 nitrogen and oxygen atoms in total. The zero-order valence-electron chi connectivity index (χ0n) is 14.7. The number of hydrogen-bond acceptors (Lipinski definition) is 5. The van der Waals surface area contributed by atoms with Gasteiger partial charge < -0.3 is 10.2 Å². The van der Waals surface area contributed by atoms with Crippen LogP contribution in [0.4, 0.5) is 0 Å². The van der Waals surface area contributed by atoms with E-state index in [4.69, 9.17) is 0 Å². The summed E-state index contributed by atoms with van der Waals surface area (Å²) >= 11 is 3.30. The zero-order chi connectivity index (χ0) is 20.1. The van der Waals surface area contributed by atoms with Gasteiger partial charge in [-0.05, 0) is 36.2 Å². The van der Waals surface area contributed by atoms with Crippen molar-refractivity contribution in [3.63, 3.8) is 0 Å². The Morgan fingerprint density at radius 3 is 2.43 bits per heavy atom. The quantitative estimate of drug-likeness (QED) is 0.506. The fourth-order valence-electron chi connectivity index (χ4n) is 2.72. The number of aromatic amines is 1. The van der Waals surface area contributed by atoms with Crippen molar-refractivity contribution in [2.75, 3.05) is 6.61 Å². The van der Waals surface area contributed by atoms with Crippen molar-refractivity contribution in [2.45, 2.75) is 12.5 Å². The Kier molecular flexibility index (Phi) is 6.23. The number of halogens is 1. The number of nitrogens with zero attached hydrogens (tertiary/aromatic N) is 2. The van der Waals surface area contributed by atoms with E-state index in [2.05, 4.69) is 25.9 Å². The molecule has 0 saturated carbocycles. The highest BCUT2D eigenvalue weighted by Crippen LogP contribution is 2.18. The lowest BCUT2D eigenvalue weighted by Crippen LogP contribution is -2.31. The highest BCUT2D eigenvalue weighted by molar-refractivity contribution is 9.10. The SMILES string of the molecule is O=c1[nH]c(=O)n(-c2ccc(Br)cc2)c(O)c1C=N[C@@H](CO)Cc1ccccc1. The first-order valence-corrected chi connectivity index (χ1v) is 9.31. The maximum Gasteiger partial charge on any atom is 0.335 e. The number of hydrogen-bond donors (Lipinski definition) is 3. The van der Waals surface area contributed by atoms with E-state index in [9.17, 15) is 19.8 Å². The fraction of sp³-hybridized carbons (Fsp3) is 0.150. The van der Waals surface area contributed by atoms with Gasteiger partial charge in [0.2, 0.25) is 5.88 Å². The molecule has 144 valence electrons. The summed E-state index contributed by atoms with van der Waals surface area (Å²) in [4.78, 5) is 30.8. The van der Waals surface area contributed by atoms with E-state index in [0.717, 1.165) is 14.6 Å². The van der Waals surface area contributed by atoms with Crippen LogP contribution in [0.15, 0.2) is 73.7 Å². The molecule has 0 saturated heterocycles. The van der Waals surface area contributed by atoms with Gasteiger partial charge >= 0.3 is 5.69 Å². The molecule has 0 unspecified atom stereocenters. The minimum Gasteiger partial charge on any atom is -0.493 e. The highest BCUT2D eigenvalue weighted by atomic mass is 79.9. The number of aromatic hydroxyl groups is 1. The lowest BCUT2D eigenvalue weighted by molar-refractivity contribution is 0.266. The Balaban J connectivity index is 1.96. The van der Waals surface area contributed by atoms with Gasteiger partial charge in [0, 0.05) is 10.7 Å². The van der Waals surface area contributed by atoms with Gasteiger partial charge in [-0.1, -0.05) is 46.3 Å². The maximum absolute atomic E-state index is 12.2. The average Bonchev–Trinajstić information content (AvgIpc) is 2.69. The number of rotatable bonds is 6. The van der Waals surface area contributed by atoms with Crippen LogP contribution < -0.4 is 11.2 Å². The molecule has 2 aromatic carbocycles. The van der Waals surface area contributed by atoms with Crippen LogP contribution in [-0.2, 0) is 6.42 Å². The molecule has 0 radical (unpaired) electrons. The number of aliphatic hydroxyl groups excluding tert-OH is 1. The number of H-pyrrole nitrogens is 1. The molecule has 0 bridgehead atoms. The highest BCUT2D eigenvalue weighted by Gasteiger charge is 2.15. The van der Waals surface area contributed by atoms with Crippen molar-refractivity contribution in [3.8, 4) is 11.6 Å². The van der Waals surface area contributed by atoms with Crippen molar-refractivity contribution in [1.82, 2.24) is 9.55 Å². The van der Waals surface area contributed by atoms with Crippen molar-refractivity contribution in [2.24, 2.45) is 4.99 Å². The second kappa shape index (κ2) is 8.81. The van der Waals surface area contributed by atoms with Crippen molar-refractivity contribution in [3.05, 3.63) is 91.0 Å². The van der Waals surface area contributed by atoms with E-state index in [1.54, 1.807) is 24.3 Å². The Bertz CT molecular complexity index is 1090. The van der Waals surface area contributed by atoms with E-state index < -0.39 is 23.2 Å². The van der Waals surface area contributed by atoms with E-state index in [0.29, 0.717) is 12.1 Å². The molecule has 3 aromatic rings. The van der Waals surface area contributed by atoms with Crippen LogP contribution in [0.25, 0.3) is 5.69 Å². The lowest BCUT2D eigenvalue weighted by Gasteiger charge is -2.11. The van der Waals surface area contributed by atoms with Crippen molar-refractivity contribution < 1.29 is 10.2 Å². The molecule has 3 rings (SSSR count). The smallest absolute Gasteiger partial charge is 0.335 e. The minimum atomic E-state index is -0.759. The molecule has 1 atom stereocenters. The predicted octanol–water partition coefficient (Wildman–Crippen LogP) is 2.02. The lowest BCUT2D eigenvalue weighted by atomic mass is 10.1. The molecule has 0 aliphatic rings. The fourth-order valence-corrected chi connectivity index (χ4v) is 2.98. The topological polar surface area (TPSA) is 108 Å². The standard InChI is InChI=1S/C20H18BrN3O4/c21-14-6-8-16(9-7-14)24-19(27)17(18(26)23-20(24)28)11-22-15(12-25)10-13-4-2-1-3-5-13/h1-9,11,15,25,27H,10,12H2,(H,23,26,28)/t15-/m1/s1. The molecule has 0 spiro atoms. The van der Waals surface area contributed by atoms with Crippen LogP contribution in [0.5, 0.6) is 5.88 Å². The second-order valence-corrected chi connectivity index (χ2v) is 7.03. The Morgan fingerprint density at radius 1 is 1.11 bits per heavy atom. The number of aliphatic imine (C=N–C) groups is 1. The summed E-state index contributed by atoms with van der Waals surface area (Å²) in [6, 6.07) is 15.7. The summed E-state index contributed by atoms with van der Waals surface area (Å²) in [6.45, 7) is -0.226. The molecule has 0 fully saturated rings. The first kappa shape index (κ1) is 19.8. The molecule has 28 heavy (non-hydrogen) atoms. The second-order valence-electron chi connectivity index (χ2n) is 6.11. The molecule has 0 amide bonds. The van der Waals surface area contributed by atoms with Gasteiger partial charge in [-0.3, -0.25) is 14.8 Å². The number of aromatic nitrogens is 2. The Labute approximate surface area is 168 Å². The van der Waals surface area contributed by atoms with Crippen LogP contribution in [0.1, 0.15) is 11.1 Å². The van der Waals surface area contributed by atoms with Crippen LogP contribution in [-0.4, -0.2) is 38.6 Å². The van der Waals surface area contributed by atoms with Crippen LogP contribution in [0.3, 0.4) is 0 Å². The molecule has 1 heterocycles. The summed E-state index contributed by atoms with van der Waals surface area (Å²) < 4.78 is 1.79. The molecular formula is C20H18BrN3O4. The summed E-state index contributed by atoms with van der Waals surface area (Å²) in [5, 5.41) is 20.1.